The number of nitrogen functional groups attached to an aromatic ring is 1. The van der Waals surface area contributed by atoms with E-state index in [1.54, 1.807) is 29.3 Å². The van der Waals surface area contributed by atoms with Crippen molar-refractivity contribution >= 4 is 23.2 Å². The van der Waals surface area contributed by atoms with Crippen LogP contribution >= 0.6 is 0 Å². The lowest BCUT2D eigenvalue weighted by molar-refractivity contribution is 0.0303. The van der Waals surface area contributed by atoms with Crippen LogP contribution in [0, 0.1) is 0 Å². The molecule has 0 radical (unpaired) electrons. The summed E-state index contributed by atoms with van der Waals surface area (Å²) in [7, 11) is 0. The van der Waals surface area contributed by atoms with Crippen molar-refractivity contribution < 1.29 is 14.3 Å². The standard InChI is InChI=1S/C23H22N4O3/c24-20-8-7-18(14-21(20)26-22(28)19-2-1-9-25-15-19)16-3-5-17(6-4-16)23(29)27-10-12-30-13-11-27/h1-9,14-15H,10-13,24H2,(H,26,28). The summed E-state index contributed by atoms with van der Waals surface area (Å²) in [4.78, 5) is 30.8. The van der Waals surface area contributed by atoms with Crippen molar-refractivity contribution in [3.05, 3.63) is 78.1 Å². The quantitative estimate of drug-likeness (QED) is 0.654. The second-order valence-electron chi connectivity index (χ2n) is 6.98. The number of anilines is 2. The lowest BCUT2D eigenvalue weighted by Crippen LogP contribution is -2.40. The van der Waals surface area contributed by atoms with Crippen LogP contribution in [0.3, 0.4) is 0 Å². The molecule has 2 aromatic carbocycles. The van der Waals surface area contributed by atoms with E-state index in [-0.39, 0.29) is 11.8 Å². The molecule has 1 saturated heterocycles. The first-order chi connectivity index (χ1) is 14.6. The third-order valence-electron chi connectivity index (χ3n) is 4.99. The van der Waals surface area contributed by atoms with Crippen molar-refractivity contribution in [2.75, 3.05) is 37.4 Å². The third kappa shape index (κ3) is 4.31. The summed E-state index contributed by atoms with van der Waals surface area (Å²) in [6.45, 7) is 2.36. The number of pyridine rings is 1. The van der Waals surface area contributed by atoms with E-state index in [4.69, 9.17) is 10.5 Å². The number of carbonyl (C=O) groups excluding carboxylic acids is 2. The molecule has 0 unspecified atom stereocenters. The number of hydrogen-bond acceptors (Lipinski definition) is 5. The van der Waals surface area contributed by atoms with Gasteiger partial charge in [-0.3, -0.25) is 14.6 Å². The Kier molecular flexibility index (Phi) is 5.72. The topological polar surface area (TPSA) is 97.5 Å². The normalized spacial score (nSPS) is 13.7. The Bertz CT molecular complexity index is 1050. The van der Waals surface area contributed by atoms with Crippen molar-refractivity contribution in [1.82, 2.24) is 9.88 Å². The van der Waals surface area contributed by atoms with E-state index in [9.17, 15) is 9.59 Å². The third-order valence-corrected chi connectivity index (χ3v) is 4.99. The molecular weight excluding hydrogens is 380 g/mol. The zero-order valence-electron chi connectivity index (χ0n) is 16.4. The second kappa shape index (κ2) is 8.75. The van der Waals surface area contributed by atoms with E-state index in [1.165, 1.54) is 6.20 Å². The summed E-state index contributed by atoms with van der Waals surface area (Å²) in [5.74, 6) is -0.273. The summed E-state index contributed by atoms with van der Waals surface area (Å²) in [5, 5.41) is 2.83. The SMILES string of the molecule is Nc1ccc(-c2ccc(C(=O)N3CCOCC3)cc2)cc1NC(=O)c1cccnc1. The molecule has 0 aliphatic carbocycles. The minimum absolute atomic E-state index is 0.00609. The molecule has 1 aromatic heterocycles. The van der Waals surface area contributed by atoms with Crippen LogP contribution in [0.1, 0.15) is 20.7 Å². The Labute approximate surface area is 174 Å². The number of rotatable bonds is 4. The summed E-state index contributed by atoms with van der Waals surface area (Å²) >= 11 is 0. The van der Waals surface area contributed by atoms with Gasteiger partial charge in [-0.05, 0) is 47.5 Å². The molecule has 2 amide bonds. The van der Waals surface area contributed by atoms with Crippen LogP contribution in [0.15, 0.2) is 67.0 Å². The molecule has 0 saturated carbocycles. The fourth-order valence-electron chi connectivity index (χ4n) is 3.29. The summed E-state index contributed by atoms with van der Waals surface area (Å²) < 4.78 is 5.30. The molecular formula is C23H22N4O3. The number of nitrogens with zero attached hydrogens (tertiary/aromatic N) is 2. The molecule has 7 heteroatoms. The molecule has 152 valence electrons. The molecule has 3 aromatic rings. The van der Waals surface area contributed by atoms with Crippen LogP contribution < -0.4 is 11.1 Å². The number of carbonyl (C=O) groups is 2. The first-order valence-corrected chi connectivity index (χ1v) is 9.70. The van der Waals surface area contributed by atoms with Crippen molar-refractivity contribution in [1.29, 1.82) is 0 Å². The van der Waals surface area contributed by atoms with Gasteiger partial charge in [0.2, 0.25) is 0 Å². The first kappa shape index (κ1) is 19.6. The molecule has 30 heavy (non-hydrogen) atoms. The van der Waals surface area contributed by atoms with Gasteiger partial charge < -0.3 is 20.7 Å². The second-order valence-corrected chi connectivity index (χ2v) is 6.98. The van der Waals surface area contributed by atoms with Gasteiger partial charge in [-0.1, -0.05) is 18.2 Å². The van der Waals surface area contributed by atoms with Gasteiger partial charge >= 0.3 is 0 Å². The molecule has 7 nitrogen and oxygen atoms in total. The lowest BCUT2D eigenvalue weighted by atomic mass is 10.0. The molecule has 1 aliphatic rings. The Balaban J connectivity index is 1.52. The molecule has 3 N–H and O–H groups in total. The maximum atomic E-state index is 12.6. The highest BCUT2D eigenvalue weighted by Crippen LogP contribution is 2.28. The maximum Gasteiger partial charge on any atom is 0.257 e. The minimum Gasteiger partial charge on any atom is -0.397 e. The van der Waals surface area contributed by atoms with Crippen LogP contribution in [-0.4, -0.2) is 48.0 Å². The number of nitrogens with one attached hydrogen (secondary N) is 1. The molecule has 0 bridgehead atoms. The molecule has 0 spiro atoms. The Morgan fingerprint density at radius 1 is 0.967 bits per heavy atom. The van der Waals surface area contributed by atoms with Crippen LogP contribution in [0.25, 0.3) is 11.1 Å². The maximum absolute atomic E-state index is 12.6. The summed E-state index contributed by atoms with van der Waals surface area (Å²) in [6.07, 6.45) is 3.11. The number of morpholine rings is 1. The van der Waals surface area contributed by atoms with Gasteiger partial charge in [-0.25, -0.2) is 0 Å². The van der Waals surface area contributed by atoms with Gasteiger partial charge in [0.15, 0.2) is 0 Å². The Hall–Kier alpha value is -3.71. The van der Waals surface area contributed by atoms with Gasteiger partial charge in [0.05, 0.1) is 30.2 Å². The lowest BCUT2D eigenvalue weighted by Gasteiger charge is -2.26. The van der Waals surface area contributed by atoms with E-state index in [2.05, 4.69) is 10.3 Å². The monoisotopic (exact) mass is 402 g/mol. The summed E-state index contributed by atoms with van der Waals surface area (Å²) in [6, 6.07) is 16.3. The first-order valence-electron chi connectivity index (χ1n) is 9.70. The average molecular weight is 402 g/mol. The Morgan fingerprint density at radius 2 is 1.70 bits per heavy atom. The molecule has 2 heterocycles. The van der Waals surface area contributed by atoms with Crippen molar-refractivity contribution in [2.24, 2.45) is 0 Å². The van der Waals surface area contributed by atoms with Crippen LogP contribution in [-0.2, 0) is 4.74 Å². The molecule has 1 aliphatic heterocycles. The van der Waals surface area contributed by atoms with Gasteiger partial charge in [0.25, 0.3) is 11.8 Å². The van der Waals surface area contributed by atoms with Crippen molar-refractivity contribution in [3.8, 4) is 11.1 Å². The number of ether oxygens (including phenoxy) is 1. The number of amides is 2. The van der Waals surface area contributed by atoms with Crippen molar-refractivity contribution in [3.63, 3.8) is 0 Å². The zero-order valence-corrected chi connectivity index (χ0v) is 16.4. The predicted octanol–water partition coefficient (Wildman–Crippen LogP) is 3.06. The zero-order chi connectivity index (χ0) is 20.9. The average Bonchev–Trinajstić information content (AvgIpc) is 2.81. The fraction of sp³-hybridized carbons (Fsp3) is 0.174. The fourth-order valence-corrected chi connectivity index (χ4v) is 3.29. The number of benzene rings is 2. The van der Waals surface area contributed by atoms with Gasteiger partial charge in [0.1, 0.15) is 0 Å². The van der Waals surface area contributed by atoms with E-state index in [1.807, 2.05) is 36.4 Å². The molecule has 1 fully saturated rings. The highest BCUT2D eigenvalue weighted by molar-refractivity contribution is 6.06. The van der Waals surface area contributed by atoms with Crippen LogP contribution in [0.4, 0.5) is 11.4 Å². The number of hydrogen-bond donors (Lipinski definition) is 2. The van der Waals surface area contributed by atoms with Crippen LogP contribution in [0.5, 0.6) is 0 Å². The molecule has 0 atom stereocenters. The van der Waals surface area contributed by atoms with E-state index < -0.39 is 0 Å². The van der Waals surface area contributed by atoms with E-state index in [0.717, 1.165) is 11.1 Å². The highest BCUT2D eigenvalue weighted by atomic mass is 16.5. The number of nitrogens with two attached hydrogens (primary N) is 1. The smallest absolute Gasteiger partial charge is 0.257 e. The number of aromatic nitrogens is 1. The summed E-state index contributed by atoms with van der Waals surface area (Å²) in [5.41, 5.74) is 9.94. The van der Waals surface area contributed by atoms with Gasteiger partial charge in [-0.15, -0.1) is 0 Å². The Morgan fingerprint density at radius 3 is 2.40 bits per heavy atom. The largest absolute Gasteiger partial charge is 0.397 e. The predicted molar refractivity (Wildman–Crippen MR) is 115 cm³/mol. The van der Waals surface area contributed by atoms with Crippen molar-refractivity contribution in [2.45, 2.75) is 0 Å². The molecule has 4 rings (SSSR count). The van der Waals surface area contributed by atoms with Gasteiger partial charge in [-0.2, -0.15) is 0 Å². The minimum atomic E-state index is -0.279. The van der Waals surface area contributed by atoms with E-state index in [0.29, 0.717) is 48.8 Å². The highest BCUT2D eigenvalue weighted by Gasteiger charge is 2.18. The van der Waals surface area contributed by atoms with E-state index >= 15 is 0 Å². The van der Waals surface area contributed by atoms with Gasteiger partial charge in [0, 0.05) is 31.0 Å². The van der Waals surface area contributed by atoms with Crippen LogP contribution in [0.2, 0.25) is 0 Å².